The van der Waals surface area contributed by atoms with Crippen LogP contribution in [0.2, 0.25) is 0 Å². The van der Waals surface area contributed by atoms with Crippen LogP contribution < -0.4 is 5.73 Å². The van der Waals surface area contributed by atoms with Gasteiger partial charge in [0.15, 0.2) is 23.5 Å². The molecule has 1 aliphatic rings. The molecule has 2 unspecified atom stereocenters. The number of hydrogen-bond donors (Lipinski definition) is 6. The molecule has 162 valence electrons. The zero-order valence-electron chi connectivity index (χ0n) is 15.6. The predicted molar refractivity (Wildman–Crippen MR) is 105 cm³/mol. The fourth-order valence-corrected chi connectivity index (χ4v) is 3.42. The van der Waals surface area contributed by atoms with Crippen LogP contribution in [-0.2, 0) is 9.30 Å². The van der Waals surface area contributed by atoms with Gasteiger partial charge in [-0.2, -0.15) is 0 Å². The highest BCUT2D eigenvalue weighted by molar-refractivity contribution is 7.38. The summed E-state index contributed by atoms with van der Waals surface area (Å²) in [5.74, 6) is -1.00. The van der Waals surface area contributed by atoms with Crippen molar-refractivity contribution in [1.29, 1.82) is 0 Å². The molecule has 1 fully saturated rings. The average Bonchev–Trinajstić information content (AvgIpc) is 3.30. The van der Waals surface area contributed by atoms with Crippen molar-refractivity contribution in [3.8, 4) is 0 Å². The molecular formula is C17H22N5O7P. The number of anilines is 1. The van der Waals surface area contributed by atoms with Crippen molar-refractivity contribution in [2.24, 2.45) is 0 Å². The third-order valence-electron chi connectivity index (χ3n) is 4.53. The summed E-state index contributed by atoms with van der Waals surface area (Å²) in [5.41, 5.74) is 6.93. The van der Waals surface area contributed by atoms with Crippen molar-refractivity contribution in [3.63, 3.8) is 0 Å². The van der Waals surface area contributed by atoms with Gasteiger partial charge in [-0.15, -0.1) is 0 Å². The lowest BCUT2D eigenvalue weighted by Crippen LogP contribution is -2.33. The number of hydrogen-bond acceptors (Lipinski definition) is 10. The molecule has 0 radical (unpaired) electrons. The van der Waals surface area contributed by atoms with E-state index in [1.807, 2.05) is 0 Å². The van der Waals surface area contributed by atoms with E-state index in [0.29, 0.717) is 16.7 Å². The molecule has 3 heterocycles. The largest absolute Gasteiger partial charge is 0.394 e. The second-order valence-electron chi connectivity index (χ2n) is 6.46. The summed E-state index contributed by atoms with van der Waals surface area (Å²) in [6.07, 6.45) is -1.42. The summed E-state index contributed by atoms with van der Waals surface area (Å²) in [4.78, 5) is 20.5. The van der Waals surface area contributed by atoms with E-state index in [-0.39, 0.29) is 5.82 Å². The Kier molecular flexibility index (Phi) is 7.10. The average molecular weight is 439 g/mol. The Morgan fingerprint density at radius 1 is 1.17 bits per heavy atom. The number of nitrogen functional groups attached to an aromatic ring is 1. The van der Waals surface area contributed by atoms with E-state index < -0.39 is 45.0 Å². The summed E-state index contributed by atoms with van der Waals surface area (Å²) in [6.45, 7) is -0.390. The molecular weight excluding hydrogens is 417 g/mol. The van der Waals surface area contributed by atoms with Crippen LogP contribution in [0, 0.1) is 0 Å². The molecule has 0 amide bonds. The van der Waals surface area contributed by atoms with E-state index in [4.69, 9.17) is 25.6 Å². The Labute approximate surface area is 171 Å². The molecule has 12 nitrogen and oxygen atoms in total. The standard InChI is InChI=1S/C10H13N5O4.C7H9O3P/c11-8-5-9(13-2-12-8)15(3-14-5)10-7(18)6(17)4(1-16)19-10;8-7(11(9)10)6-4-2-1-3-5-6/h2-4,6-7,10,16-18H,1H2,(H2,11,12,13);1-5,7-8,11H,(H,9,10)/t4-,6-,7-,10-;/m1./s1. The summed E-state index contributed by atoms with van der Waals surface area (Å²) < 4.78 is 17.3. The number of fused-ring (bicyclic) bond motifs is 1. The highest BCUT2D eigenvalue weighted by atomic mass is 31.1. The lowest BCUT2D eigenvalue weighted by Gasteiger charge is -2.16. The van der Waals surface area contributed by atoms with E-state index >= 15 is 0 Å². The van der Waals surface area contributed by atoms with Gasteiger partial charge in [0.1, 0.15) is 30.2 Å². The Morgan fingerprint density at radius 2 is 1.87 bits per heavy atom. The van der Waals surface area contributed by atoms with Crippen LogP contribution in [0.25, 0.3) is 11.2 Å². The molecule has 3 aromatic rings. The van der Waals surface area contributed by atoms with Gasteiger partial charge < -0.3 is 35.8 Å². The number of rotatable bonds is 4. The molecule has 1 saturated heterocycles. The molecule has 0 spiro atoms. The lowest BCUT2D eigenvalue weighted by molar-refractivity contribution is -0.0511. The topological polar surface area (TPSA) is 197 Å². The summed E-state index contributed by atoms with van der Waals surface area (Å²) >= 11 is 0. The number of nitrogens with zero attached hydrogens (tertiary/aromatic N) is 4. The van der Waals surface area contributed by atoms with Crippen molar-refractivity contribution in [1.82, 2.24) is 19.5 Å². The minimum absolute atomic E-state index is 0.218. The quantitative estimate of drug-likeness (QED) is 0.277. The summed E-state index contributed by atoms with van der Waals surface area (Å²) in [6, 6.07) is 8.43. The predicted octanol–water partition coefficient (Wildman–Crippen LogP) is -0.836. The first-order chi connectivity index (χ1) is 14.3. The Morgan fingerprint density at radius 3 is 2.47 bits per heavy atom. The molecule has 6 atom stereocenters. The van der Waals surface area contributed by atoms with Crippen molar-refractivity contribution >= 4 is 25.0 Å². The van der Waals surface area contributed by atoms with Gasteiger partial charge in [-0.3, -0.25) is 9.13 Å². The molecule has 0 bridgehead atoms. The van der Waals surface area contributed by atoms with Crippen LogP contribution in [-0.4, -0.2) is 69.8 Å². The van der Waals surface area contributed by atoms with Gasteiger partial charge in [0.25, 0.3) is 0 Å². The monoisotopic (exact) mass is 439 g/mol. The van der Waals surface area contributed by atoms with Crippen LogP contribution in [0.3, 0.4) is 0 Å². The maximum atomic E-state index is 10.4. The second kappa shape index (κ2) is 9.58. The van der Waals surface area contributed by atoms with Crippen molar-refractivity contribution in [3.05, 3.63) is 48.5 Å². The number of aliphatic hydroxyl groups excluding tert-OH is 4. The SMILES string of the molecule is Nc1ncnc2c1ncn2[C@@H]1O[C@H](CO)[C@@H](O)[C@H]1O.O=[PH](O)C(O)c1ccccc1. The Hall–Kier alpha value is -2.44. The zero-order chi connectivity index (χ0) is 21.8. The van der Waals surface area contributed by atoms with Crippen molar-refractivity contribution in [2.45, 2.75) is 30.4 Å². The summed E-state index contributed by atoms with van der Waals surface area (Å²) in [7, 11) is -2.86. The van der Waals surface area contributed by atoms with Gasteiger partial charge >= 0.3 is 0 Å². The third kappa shape index (κ3) is 4.50. The van der Waals surface area contributed by atoms with Gasteiger partial charge in [0.05, 0.1) is 12.9 Å². The van der Waals surface area contributed by atoms with E-state index in [0.717, 1.165) is 0 Å². The minimum atomic E-state index is -2.86. The molecule has 1 aromatic carbocycles. The molecule has 13 heteroatoms. The van der Waals surface area contributed by atoms with Gasteiger partial charge in [0.2, 0.25) is 8.03 Å². The molecule has 0 aliphatic carbocycles. The third-order valence-corrected chi connectivity index (χ3v) is 5.33. The highest BCUT2D eigenvalue weighted by Crippen LogP contribution is 2.34. The van der Waals surface area contributed by atoms with Crippen LogP contribution in [0.5, 0.6) is 0 Å². The van der Waals surface area contributed by atoms with Gasteiger partial charge in [-0.25, -0.2) is 15.0 Å². The first kappa shape index (κ1) is 22.2. The molecule has 7 N–H and O–H groups in total. The number of aliphatic hydroxyl groups is 4. The summed E-state index contributed by atoms with van der Waals surface area (Å²) in [5, 5.41) is 37.8. The molecule has 4 rings (SSSR count). The maximum absolute atomic E-state index is 10.4. The molecule has 2 aromatic heterocycles. The normalized spacial score (nSPS) is 25.5. The molecule has 0 saturated carbocycles. The molecule has 30 heavy (non-hydrogen) atoms. The number of aromatic nitrogens is 4. The van der Waals surface area contributed by atoms with Crippen LogP contribution in [0.15, 0.2) is 43.0 Å². The number of imidazole rings is 1. The minimum Gasteiger partial charge on any atom is -0.394 e. The first-order valence-electron chi connectivity index (χ1n) is 8.86. The number of ether oxygens (including phenoxy) is 1. The Bertz CT molecular complexity index is 1000. The van der Waals surface area contributed by atoms with E-state index in [9.17, 15) is 14.8 Å². The smallest absolute Gasteiger partial charge is 0.221 e. The van der Waals surface area contributed by atoms with E-state index in [1.165, 1.54) is 17.2 Å². The Balaban J connectivity index is 0.000000199. The number of benzene rings is 1. The van der Waals surface area contributed by atoms with Gasteiger partial charge in [0, 0.05) is 0 Å². The number of nitrogens with two attached hydrogens (primary N) is 1. The second-order valence-corrected chi connectivity index (χ2v) is 7.69. The van der Waals surface area contributed by atoms with Crippen LogP contribution in [0.4, 0.5) is 5.82 Å². The first-order valence-corrected chi connectivity index (χ1v) is 10.3. The van der Waals surface area contributed by atoms with Crippen LogP contribution >= 0.6 is 8.03 Å². The zero-order valence-corrected chi connectivity index (χ0v) is 16.6. The van der Waals surface area contributed by atoms with Gasteiger partial charge in [-0.05, 0) is 5.56 Å². The fraction of sp³-hybridized carbons (Fsp3) is 0.353. The lowest BCUT2D eigenvalue weighted by atomic mass is 10.1. The fourth-order valence-electron chi connectivity index (χ4n) is 2.94. The van der Waals surface area contributed by atoms with Crippen molar-refractivity contribution < 1.29 is 34.6 Å². The van der Waals surface area contributed by atoms with Crippen LogP contribution in [0.1, 0.15) is 17.6 Å². The van der Waals surface area contributed by atoms with Gasteiger partial charge in [-0.1, -0.05) is 30.3 Å². The molecule has 1 aliphatic heterocycles. The van der Waals surface area contributed by atoms with E-state index in [1.54, 1.807) is 30.3 Å². The highest BCUT2D eigenvalue weighted by Gasteiger charge is 2.43. The van der Waals surface area contributed by atoms with Crippen molar-refractivity contribution in [2.75, 3.05) is 12.3 Å². The van der Waals surface area contributed by atoms with E-state index in [2.05, 4.69) is 15.0 Å². The maximum Gasteiger partial charge on any atom is 0.221 e.